The first kappa shape index (κ1) is 22.6. The zero-order valence-corrected chi connectivity index (χ0v) is 18.4. The number of guanidine groups is 1. The van der Waals surface area contributed by atoms with E-state index in [-0.39, 0.29) is 5.91 Å². The van der Waals surface area contributed by atoms with Crippen LogP contribution in [0.3, 0.4) is 0 Å². The van der Waals surface area contributed by atoms with Crippen molar-refractivity contribution in [2.24, 2.45) is 10.9 Å². The number of likely N-dealkylation sites (tertiary alicyclic amines) is 1. The van der Waals surface area contributed by atoms with E-state index in [4.69, 9.17) is 0 Å². The van der Waals surface area contributed by atoms with Crippen LogP contribution in [-0.2, 0) is 11.2 Å². The minimum atomic E-state index is 0.256. The summed E-state index contributed by atoms with van der Waals surface area (Å²) in [5, 5.41) is 10.1. The van der Waals surface area contributed by atoms with Crippen molar-refractivity contribution in [3.05, 3.63) is 60.3 Å². The smallest absolute Gasteiger partial charge is 0.223 e. The molecule has 166 valence electrons. The van der Waals surface area contributed by atoms with E-state index < -0.39 is 0 Å². The van der Waals surface area contributed by atoms with Crippen LogP contribution in [0.25, 0.3) is 0 Å². The Hall–Kier alpha value is -3.09. The monoisotopic (exact) mass is 422 g/mol. The van der Waals surface area contributed by atoms with Gasteiger partial charge in [-0.15, -0.1) is 0 Å². The molecular formula is C24H34N6O. The summed E-state index contributed by atoms with van der Waals surface area (Å²) in [6, 6.07) is 16.2. The summed E-state index contributed by atoms with van der Waals surface area (Å²) in [4.78, 5) is 22.9. The molecule has 7 nitrogen and oxygen atoms in total. The van der Waals surface area contributed by atoms with Crippen LogP contribution in [0.15, 0.2) is 59.7 Å². The summed E-state index contributed by atoms with van der Waals surface area (Å²) in [5.74, 6) is 2.29. The van der Waals surface area contributed by atoms with Gasteiger partial charge in [0.2, 0.25) is 5.91 Å². The van der Waals surface area contributed by atoms with Gasteiger partial charge in [-0.2, -0.15) is 0 Å². The Bertz CT molecular complexity index is 811. The number of nitrogens with zero attached hydrogens (tertiary/aromatic N) is 3. The van der Waals surface area contributed by atoms with Crippen LogP contribution >= 0.6 is 0 Å². The number of amides is 1. The van der Waals surface area contributed by atoms with Crippen molar-refractivity contribution >= 4 is 17.7 Å². The highest BCUT2D eigenvalue weighted by atomic mass is 16.2. The average molecular weight is 423 g/mol. The topological polar surface area (TPSA) is 81.6 Å². The van der Waals surface area contributed by atoms with Gasteiger partial charge in [0.25, 0.3) is 0 Å². The Labute approximate surface area is 185 Å². The van der Waals surface area contributed by atoms with E-state index in [0.29, 0.717) is 12.3 Å². The van der Waals surface area contributed by atoms with Gasteiger partial charge in [0.1, 0.15) is 5.82 Å². The maximum Gasteiger partial charge on any atom is 0.223 e. The van der Waals surface area contributed by atoms with Crippen molar-refractivity contribution in [3.8, 4) is 0 Å². The SMILES string of the molecule is CN=C(NCCCCNc1ccccn1)NCC1CC(=O)N(CCc2ccccc2)C1. The van der Waals surface area contributed by atoms with Crippen LogP contribution in [0.1, 0.15) is 24.8 Å². The first-order valence-electron chi connectivity index (χ1n) is 11.2. The number of aromatic nitrogens is 1. The van der Waals surface area contributed by atoms with Gasteiger partial charge >= 0.3 is 0 Å². The van der Waals surface area contributed by atoms with E-state index in [1.165, 1.54) is 5.56 Å². The molecule has 0 saturated carbocycles. The first-order valence-corrected chi connectivity index (χ1v) is 11.2. The van der Waals surface area contributed by atoms with Crippen LogP contribution in [0.4, 0.5) is 5.82 Å². The van der Waals surface area contributed by atoms with Crippen molar-refractivity contribution in [1.82, 2.24) is 20.5 Å². The van der Waals surface area contributed by atoms with Crippen molar-refractivity contribution < 1.29 is 4.79 Å². The minimum Gasteiger partial charge on any atom is -0.370 e. The Morgan fingerprint density at radius 3 is 2.68 bits per heavy atom. The molecule has 3 N–H and O–H groups in total. The van der Waals surface area contributed by atoms with Gasteiger partial charge in [-0.1, -0.05) is 36.4 Å². The van der Waals surface area contributed by atoms with E-state index in [2.05, 4.69) is 38.1 Å². The molecule has 1 aromatic heterocycles. The van der Waals surface area contributed by atoms with Crippen molar-refractivity contribution in [1.29, 1.82) is 0 Å². The summed E-state index contributed by atoms with van der Waals surface area (Å²) < 4.78 is 0. The van der Waals surface area contributed by atoms with Crippen LogP contribution in [0.2, 0.25) is 0 Å². The lowest BCUT2D eigenvalue weighted by Crippen LogP contribution is -2.40. The molecule has 0 spiro atoms. The van der Waals surface area contributed by atoms with Crippen LogP contribution in [0, 0.1) is 5.92 Å². The molecule has 2 aromatic rings. The number of unbranched alkanes of at least 4 members (excludes halogenated alkanes) is 1. The Morgan fingerprint density at radius 2 is 1.90 bits per heavy atom. The number of nitrogens with one attached hydrogen (secondary N) is 3. The quantitative estimate of drug-likeness (QED) is 0.295. The maximum absolute atomic E-state index is 12.3. The fourth-order valence-corrected chi connectivity index (χ4v) is 3.72. The number of aliphatic imine (C=N–C) groups is 1. The lowest BCUT2D eigenvalue weighted by Gasteiger charge is -2.18. The highest BCUT2D eigenvalue weighted by Gasteiger charge is 2.29. The molecule has 0 bridgehead atoms. The molecule has 1 atom stereocenters. The van der Waals surface area contributed by atoms with Gasteiger partial charge in [-0.3, -0.25) is 9.79 Å². The van der Waals surface area contributed by atoms with Gasteiger partial charge in [-0.25, -0.2) is 4.98 Å². The molecule has 7 heteroatoms. The Kier molecular flexibility index (Phi) is 9.16. The zero-order valence-electron chi connectivity index (χ0n) is 18.4. The van der Waals surface area contributed by atoms with E-state index in [1.54, 1.807) is 13.2 Å². The second-order valence-corrected chi connectivity index (χ2v) is 7.87. The molecule has 0 aliphatic carbocycles. The van der Waals surface area contributed by atoms with Crippen LogP contribution < -0.4 is 16.0 Å². The highest BCUT2D eigenvalue weighted by molar-refractivity contribution is 5.80. The van der Waals surface area contributed by atoms with Crippen LogP contribution in [-0.4, -0.2) is 61.5 Å². The third-order valence-electron chi connectivity index (χ3n) is 5.46. The molecule has 1 amide bonds. The second kappa shape index (κ2) is 12.6. The molecule has 0 radical (unpaired) electrons. The van der Waals surface area contributed by atoms with Gasteiger partial charge in [0.15, 0.2) is 5.96 Å². The van der Waals surface area contributed by atoms with Crippen molar-refractivity contribution in [2.45, 2.75) is 25.7 Å². The number of carbonyl (C=O) groups excluding carboxylic acids is 1. The summed E-state index contributed by atoms with van der Waals surface area (Å²) in [7, 11) is 1.78. The summed E-state index contributed by atoms with van der Waals surface area (Å²) in [6.07, 6.45) is 5.40. The standard InChI is InChI=1S/C24H34N6O/c1-25-24(28-15-8-7-14-27-22-11-5-6-13-26-22)29-18-21-17-23(31)30(19-21)16-12-20-9-3-2-4-10-20/h2-6,9-11,13,21H,7-8,12,14-19H2,1H3,(H,26,27)(H2,25,28,29). The summed E-state index contributed by atoms with van der Waals surface area (Å²) in [6.45, 7) is 4.12. The van der Waals surface area contributed by atoms with Gasteiger partial charge in [0, 0.05) is 58.3 Å². The molecule has 2 heterocycles. The third kappa shape index (κ3) is 7.92. The molecule has 1 aliphatic rings. The molecule has 3 rings (SSSR count). The predicted molar refractivity (Wildman–Crippen MR) is 126 cm³/mol. The fourth-order valence-electron chi connectivity index (χ4n) is 3.72. The predicted octanol–water partition coefficient (Wildman–Crippen LogP) is 2.53. The number of pyridine rings is 1. The molecule has 1 saturated heterocycles. The van der Waals surface area contributed by atoms with Crippen molar-refractivity contribution in [2.75, 3.05) is 45.1 Å². The Balaban J connectivity index is 1.27. The Morgan fingerprint density at radius 1 is 1.10 bits per heavy atom. The van der Waals surface area contributed by atoms with Crippen molar-refractivity contribution in [3.63, 3.8) is 0 Å². The molecule has 31 heavy (non-hydrogen) atoms. The third-order valence-corrected chi connectivity index (χ3v) is 5.46. The lowest BCUT2D eigenvalue weighted by atomic mass is 10.1. The van der Waals surface area contributed by atoms with Gasteiger partial charge < -0.3 is 20.9 Å². The largest absolute Gasteiger partial charge is 0.370 e. The van der Waals surface area contributed by atoms with Crippen LogP contribution in [0.5, 0.6) is 0 Å². The average Bonchev–Trinajstić information content (AvgIpc) is 3.17. The number of hydrogen-bond acceptors (Lipinski definition) is 4. The van der Waals surface area contributed by atoms with E-state index in [0.717, 1.165) is 63.8 Å². The molecular weight excluding hydrogens is 388 g/mol. The fraction of sp³-hybridized carbons (Fsp3) is 0.458. The molecule has 1 aliphatic heterocycles. The minimum absolute atomic E-state index is 0.256. The molecule has 1 aromatic carbocycles. The number of benzene rings is 1. The lowest BCUT2D eigenvalue weighted by molar-refractivity contribution is -0.127. The highest BCUT2D eigenvalue weighted by Crippen LogP contribution is 2.17. The molecule has 1 fully saturated rings. The second-order valence-electron chi connectivity index (χ2n) is 7.87. The number of anilines is 1. The zero-order chi connectivity index (χ0) is 21.7. The van der Waals surface area contributed by atoms with E-state index >= 15 is 0 Å². The van der Waals surface area contributed by atoms with E-state index in [1.807, 2.05) is 41.3 Å². The summed E-state index contributed by atoms with van der Waals surface area (Å²) >= 11 is 0. The summed E-state index contributed by atoms with van der Waals surface area (Å²) in [5.41, 5.74) is 1.27. The van der Waals surface area contributed by atoms with Gasteiger partial charge in [0.05, 0.1) is 0 Å². The number of rotatable bonds is 11. The number of carbonyl (C=O) groups is 1. The first-order chi connectivity index (χ1) is 15.2. The number of hydrogen-bond donors (Lipinski definition) is 3. The van der Waals surface area contributed by atoms with Gasteiger partial charge in [-0.05, 0) is 37.0 Å². The normalized spacial score (nSPS) is 16.4. The maximum atomic E-state index is 12.3. The van der Waals surface area contributed by atoms with E-state index in [9.17, 15) is 4.79 Å². The molecule has 1 unspecified atom stereocenters.